The molecule has 3 rings (SSSR count). The van der Waals surface area contributed by atoms with E-state index in [-0.39, 0.29) is 39.5 Å². The first-order chi connectivity index (χ1) is 13.9. The van der Waals surface area contributed by atoms with Crippen LogP contribution in [0.2, 0.25) is 10.0 Å². The molecule has 0 aliphatic heterocycles. The van der Waals surface area contributed by atoms with E-state index in [9.17, 15) is 14.4 Å². The highest BCUT2D eigenvalue weighted by Gasteiger charge is 2.16. The molecule has 0 aliphatic carbocycles. The van der Waals surface area contributed by atoms with E-state index in [0.717, 1.165) is 0 Å². The molecule has 150 valence electrons. The number of hydrogen-bond acceptors (Lipinski definition) is 6. The van der Waals surface area contributed by atoms with Crippen LogP contribution in [-0.2, 0) is 14.3 Å². The van der Waals surface area contributed by atoms with Crippen LogP contribution >= 0.6 is 23.2 Å². The number of fused-ring (bicyclic) bond motifs is 1. The molecule has 1 aromatic heterocycles. The summed E-state index contributed by atoms with van der Waals surface area (Å²) in [4.78, 5) is 35.2. The van der Waals surface area contributed by atoms with Crippen LogP contribution in [0, 0.1) is 0 Å². The Morgan fingerprint density at radius 3 is 2.45 bits per heavy atom. The van der Waals surface area contributed by atoms with Crippen LogP contribution in [0.1, 0.15) is 13.3 Å². The Labute approximate surface area is 174 Å². The Morgan fingerprint density at radius 1 is 1.14 bits per heavy atom. The van der Waals surface area contributed by atoms with Crippen molar-refractivity contribution in [2.24, 2.45) is 0 Å². The van der Waals surface area contributed by atoms with E-state index in [1.54, 1.807) is 31.2 Å². The average molecular weight is 436 g/mol. The molecular formula is C19H15Cl2N3O5. The lowest BCUT2D eigenvalue weighted by Gasteiger charge is -2.12. The zero-order chi connectivity index (χ0) is 21.0. The van der Waals surface area contributed by atoms with E-state index in [1.165, 1.54) is 12.1 Å². The van der Waals surface area contributed by atoms with Crippen molar-refractivity contribution in [2.45, 2.75) is 13.3 Å². The van der Waals surface area contributed by atoms with Crippen LogP contribution in [0.15, 0.2) is 41.2 Å². The minimum absolute atomic E-state index is 0.0982. The smallest absolute Gasteiger partial charge is 0.315 e. The third kappa shape index (κ3) is 4.85. The zero-order valence-electron chi connectivity index (χ0n) is 15.1. The van der Waals surface area contributed by atoms with E-state index >= 15 is 0 Å². The summed E-state index contributed by atoms with van der Waals surface area (Å²) in [5.74, 6) is -1.000. The van der Waals surface area contributed by atoms with E-state index in [4.69, 9.17) is 32.7 Å². The van der Waals surface area contributed by atoms with Gasteiger partial charge in [-0.1, -0.05) is 35.3 Å². The summed E-state index contributed by atoms with van der Waals surface area (Å²) in [6.45, 7) is 1.83. The number of amides is 1. The molecule has 29 heavy (non-hydrogen) atoms. The van der Waals surface area contributed by atoms with Crippen molar-refractivity contribution in [3.63, 3.8) is 0 Å². The van der Waals surface area contributed by atoms with Crippen LogP contribution in [0.4, 0.5) is 5.69 Å². The minimum atomic E-state index is -0.641. The van der Waals surface area contributed by atoms with Gasteiger partial charge >= 0.3 is 5.97 Å². The third-order valence-electron chi connectivity index (χ3n) is 3.75. The molecule has 0 spiro atoms. The quantitative estimate of drug-likeness (QED) is 0.448. The molecule has 2 aromatic carbocycles. The predicted octanol–water partition coefficient (Wildman–Crippen LogP) is 3.91. The molecule has 8 nitrogen and oxygen atoms in total. The van der Waals surface area contributed by atoms with Gasteiger partial charge in [-0.15, -0.1) is 5.10 Å². The number of benzene rings is 2. The lowest BCUT2D eigenvalue weighted by molar-refractivity contribution is -0.145. The van der Waals surface area contributed by atoms with Gasteiger partial charge in [-0.2, -0.15) is 0 Å². The number of nitrogens with one attached hydrogen (secondary N) is 2. The van der Waals surface area contributed by atoms with E-state index in [2.05, 4.69) is 15.5 Å². The van der Waals surface area contributed by atoms with Crippen LogP contribution in [0.3, 0.4) is 0 Å². The van der Waals surface area contributed by atoms with Crippen molar-refractivity contribution in [3.05, 3.63) is 56.8 Å². The summed E-state index contributed by atoms with van der Waals surface area (Å²) in [5, 5.41) is 9.84. The van der Waals surface area contributed by atoms with Crippen molar-refractivity contribution in [1.29, 1.82) is 0 Å². The Balaban J connectivity index is 1.84. The van der Waals surface area contributed by atoms with Crippen LogP contribution in [0.25, 0.3) is 10.8 Å². The molecule has 0 atom stereocenters. The summed E-state index contributed by atoms with van der Waals surface area (Å²) in [6.07, 6.45) is -0.436. The van der Waals surface area contributed by atoms with Gasteiger partial charge in [0.15, 0.2) is 5.75 Å². The van der Waals surface area contributed by atoms with Gasteiger partial charge in [0, 0.05) is 5.69 Å². The summed E-state index contributed by atoms with van der Waals surface area (Å²) >= 11 is 12.5. The summed E-state index contributed by atoms with van der Waals surface area (Å²) < 4.78 is 10.5. The third-order valence-corrected chi connectivity index (χ3v) is 4.31. The number of carbonyl (C=O) groups excluding carboxylic acids is 2. The van der Waals surface area contributed by atoms with Gasteiger partial charge in [-0.25, -0.2) is 5.10 Å². The monoisotopic (exact) mass is 435 g/mol. The summed E-state index contributed by atoms with van der Waals surface area (Å²) in [7, 11) is 0. The fraction of sp³-hybridized carbons (Fsp3) is 0.158. The topological polar surface area (TPSA) is 110 Å². The molecule has 2 N–H and O–H groups in total. The summed E-state index contributed by atoms with van der Waals surface area (Å²) in [6, 6.07) is 9.60. The number of aromatic nitrogens is 2. The standard InChI is InChI=1S/C19H15Cl2N3O5/c1-2-28-16(26)9-15(25)22-10-7-13(20)17(14(21)8-10)29-19-12-6-4-3-5-11(12)18(27)23-24-19/h3-8H,2,9H2,1H3,(H,22,25)(H,23,27). The molecule has 0 aliphatic rings. The van der Waals surface area contributed by atoms with Crippen molar-refractivity contribution >= 4 is 51.5 Å². The summed E-state index contributed by atoms with van der Waals surface area (Å²) in [5.41, 5.74) is -0.0780. The molecule has 0 saturated carbocycles. The number of H-pyrrole nitrogens is 1. The number of halogens is 2. The van der Waals surface area contributed by atoms with Crippen molar-refractivity contribution < 1.29 is 19.1 Å². The fourth-order valence-electron chi connectivity index (χ4n) is 2.54. The normalized spacial score (nSPS) is 10.6. The second-order valence-electron chi connectivity index (χ2n) is 5.80. The Bertz CT molecular complexity index is 1120. The Morgan fingerprint density at radius 2 is 1.79 bits per heavy atom. The highest BCUT2D eigenvalue weighted by Crippen LogP contribution is 2.39. The van der Waals surface area contributed by atoms with E-state index in [0.29, 0.717) is 10.8 Å². The van der Waals surface area contributed by atoms with Crippen molar-refractivity contribution in [1.82, 2.24) is 10.2 Å². The minimum Gasteiger partial charge on any atom is -0.466 e. The number of anilines is 1. The molecule has 10 heteroatoms. The first-order valence-electron chi connectivity index (χ1n) is 8.48. The molecule has 0 unspecified atom stereocenters. The van der Waals surface area contributed by atoms with Crippen molar-refractivity contribution in [2.75, 3.05) is 11.9 Å². The molecule has 0 fully saturated rings. The van der Waals surface area contributed by atoms with E-state index < -0.39 is 18.3 Å². The van der Waals surface area contributed by atoms with Gasteiger partial charge < -0.3 is 14.8 Å². The zero-order valence-corrected chi connectivity index (χ0v) is 16.6. The first kappa shape index (κ1) is 20.6. The number of rotatable bonds is 6. The molecule has 1 amide bonds. The van der Waals surface area contributed by atoms with Gasteiger partial charge in [0.1, 0.15) is 6.42 Å². The maximum Gasteiger partial charge on any atom is 0.315 e. The number of esters is 1. The number of carbonyl (C=O) groups is 2. The molecule has 0 saturated heterocycles. The highest BCUT2D eigenvalue weighted by molar-refractivity contribution is 6.37. The lowest BCUT2D eigenvalue weighted by atomic mass is 10.2. The van der Waals surface area contributed by atoms with Crippen LogP contribution in [0.5, 0.6) is 11.6 Å². The predicted molar refractivity (Wildman–Crippen MR) is 109 cm³/mol. The lowest BCUT2D eigenvalue weighted by Crippen LogP contribution is -2.18. The number of hydrogen-bond donors (Lipinski definition) is 2. The number of nitrogens with zero attached hydrogens (tertiary/aromatic N) is 1. The van der Waals surface area contributed by atoms with Crippen LogP contribution < -0.4 is 15.6 Å². The maximum atomic E-state index is 11.9. The van der Waals surface area contributed by atoms with Gasteiger partial charge in [-0.05, 0) is 31.2 Å². The second kappa shape index (κ2) is 8.93. The van der Waals surface area contributed by atoms with Crippen LogP contribution in [-0.4, -0.2) is 28.7 Å². The molecule has 0 bridgehead atoms. The molecule has 0 radical (unpaired) electrons. The molecule has 1 heterocycles. The van der Waals surface area contributed by atoms with Crippen molar-refractivity contribution in [3.8, 4) is 11.6 Å². The van der Waals surface area contributed by atoms with Gasteiger partial charge in [-0.3, -0.25) is 14.4 Å². The Kier molecular flexibility index (Phi) is 6.36. The van der Waals surface area contributed by atoms with Gasteiger partial charge in [0.05, 0.1) is 27.4 Å². The van der Waals surface area contributed by atoms with Gasteiger partial charge in [0.25, 0.3) is 5.56 Å². The SMILES string of the molecule is CCOC(=O)CC(=O)Nc1cc(Cl)c(Oc2n[nH]c(=O)c3ccccc23)c(Cl)c1. The van der Waals surface area contributed by atoms with E-state index in [1.807, 2.05) is 0 Å². The fourth-order valence-corrected chi connectivity index (χ4v) is 3.11. The number of ether oxygens (including phenoxy) is 2. The average Bonchev–Trinajstić information content (AvgIpc) is 2.66. The maximum absolute atomic E-state index is 11.9. The second-order valence-corrected chi connectivity index (χ2v) is 6.62. The molecule has 3 aromatic rings. The largest absolute Gasteiger partial charge is 0.466 e. The van der Waals surface area contributed by atoms with Gasteiger partial charge in [0.2, 0.25) is 11.8 Å². The Hall–Kier alpha value is -3.10. The first-order valence-corrected chi connectivity index (χ1v) is 9.24. The number of aromatic amines is 1. The molecular weight excluding hydrogens is 421 g/mol. The highest BCUT2D eigenvalue weighted by atomic mass is 35.5.